The highest BCUT2D eigenvalue weighted by molar-refractivity contribution is 6.33. The number of ether oxygens (including phenoxy) is 2. The number of halogens is 1. The molecule has 1 aromatic heterocycles. The number of urea groups is 1. The summed E-state index contributed by atoms with van der Waals surface area (Å²) < 4.78 is 11.2. The van der Waals surface area contributed by atoms with Crippen LogP contribution >= 0.6 is 11.6 Å². The number of nitrogens with zero attached hydrogens (tertiary/aromatic N) is 1. The standard InChI is InChI=1S/C21H19ClN4O4/c1-29-17-7-5-13-16(8-9-24-19(13)18(17)20(23)27)30-12-4-6-15(14(22)10-12)26-21(28)25-11-2-3-11/h4-11H,2-3H2,1H3,(H2,23,27)(H2,25,26,28). The van der Waals surface area contributed by atoms with Crippen molar-refractivity contribution < 1.29 is 19.1 Å². The zero-order valence-electron chi connectivity index (χ0n) is 16.1. The number of pyridine rings is 1. The summed E-state index contributed by atoms with van der Waals surface area (Å²) in [5.41, 5.74) is 6.54. The molecule has 1 aliphatic carbocycles. The fraction of sp³-hybridized carbons (Fsp3) is 0.190. The normalized spacial score (nSPS) is 13.0. The second kappa shape index (κ2) is 8.08. The third kappa shape index (κ3) is 4.08. The van der Waals surface area contributed by atoms with Crippen molar-refractivity contribution in [3.63, 3.8) is 0 Å². The zero-order valence-corrected chi connectivity index (χ0v) is 16.8. The molecule has 0 spiro atoms. The maximum atomic E-state index is 11.9. The minimum atomic E-state index is -0.648. The first-order chi connectivity index (χ1) is 14.5. The molecule has 0 aliphatic heterocycles. The summed E-state index contributed by atoms with van der Waals surface area (Å²) >= 11 is 6.30. The number of benzene rings is 2. The van der Waals surface area contributed by atoms with Gasteiger partial charge in [0.2, 0.25) is 0 Å². The van der Waals surface area contributed by atoms with Crippen molar-refractivity contribution in [1.29, 1.82) is 0 Å². The lowest BCUT2D eigenvalue weighted by Gasteiger charge is -2.13. The Morgan fingerprint density at radius 1 is 1.17 bits per heavy atom. The average molecular weight is 427 g/mol. The molecule has 0 atom stereocenters. The smallest absolute Gasteiger partial charge is 0.319 e. The minimum absolute atomic E-state index is 0.180. The lowest BCUT2D eigenvalue weighted by atomic mass is 10.1. The number of aromatic nitrogens is 1. The second-order valence-electron chi connectivity index (χ2n) is 6.83. The molecular formula is C21H19ClN4O4. The van der Waals surface area contributed by atoms with Crippen LogP contribution in [0.5, 0.6) is 17.2 Å². The number of carbonyl (C=O) groups is 2. The number of methoxy groups -OCH3 is 1. The van der Waals surface area contributed by atoms with Crippen LogP contribution in [0, 0.1) is 0 Å². The quantitative estimate of drug-likeness (QED) is 0.549. The van der Waals surface area contributed by atoms with Crippen LogP contribution in [0.1, 0.15) is 23.2 Å². The lowest BCUT2D eigenvalue weighted by Crippen LogP contribution is -2.30. The topological polar surface area (TPSA) is 116 Å². The molecule has 8 nitrogen and oxygen atoms in total. The average Bonchev–Trinajstić information content (AvgIpc) is 3.53. The summed E-state index contributed by atoms with van der Waals surface area (Å²) in [5.74, 6) is 0.609. The molecule has 0 saturated heterocycles. The maximum absolute atomic E-state index is 11.9. The monoisotopic (exact) mass is 426 g/mol. The second-order valence-corrected chi connectivity index (χ2v) is 7.24. The summed E-state index contributed by atoms with van der Waals surface area (Å²) in [7, 11) is 1.45. The van der Waals surface area contributed by atoms with E-state index in [1.165, 1.54) is 13.3 Å². The number of hydrogen-bond acceptors (Lipinski definition) is 5. The summed E-state index contributed by atoms with van der Waals surface area (Å²) in [6.07, 6.45) is 3.51. The highest BCUT2D eigenvalue weighted by Crippen LogP contribution is 2.35. The molecular weight excluding hydrogens is 408 g/mol. The van der Waals surface area contributed by atoms with Gasteiger partial charge in [-0.15, -0.1) is 0 Å². The predicted octanol–water partition coefficient (Wildman–Crippen LogP) is 4.07. The van der Waals surface area contributed by atoms with Crippen molar-refractivity contribution >= 4 is 40.1 Å². The van der Waals surface area contributed by atoms with Gasteiger partial charge in [0, 0.05) is 23.7 Å². The van der Waals surface area contributed by atoms with E-state index >= 15 is 0 Å². The Kier molecular flexibility index (Phi) is 5.33. The van der Waals surface area contributed by atoms with Gasteiger partial charge >= 0.3 is 6.03 Å². The van der Waals surface area contributed by atoms with E-state index in [2.05, 4.69) is 15.6 Å². The van der Waals surface area contributed by atoms with Crippen LogP contribution in [-0.2, 0) is 0 Å². The number of fused-ring (bicyclic) bond motifs is 1. The van der Waals surface area contributed by atoms with Gasteiger partial charge in [-0.25, -0.2) is 4.79 Å². The number of carbonyl (C=O) groups excluding carboxylic acids is 2. The van der Waals surface area contributed by atoms with Crippen molar-refractivity contribution in [2.24, 2.45) is 5.73 Å². The highest BCUT2D eigenvalue weighted by atomic mass is 35.5. The third-order valence-electron chi connectivity index (χ3n) is 4.63. The van der Waals surface area contributed by atoms with Crippen molar-refractivity contribution in [3.05, 3.63) is 53.2 Å². The Bertz CT molecular complexity index is 1150. The van der Waals surface area contributed by atoms with E-state index in [1.54, 1.807) is 36.4 Å². The number of amides is 3. The third-order valence-corrected chi connectivity index (χ3v) is 4.94. The molecule has 154 valence electrons. The van der Waals surface area contributed by atoms with Gasteiger partial charge in [0.05, 0.1) is 23.3 Å². The van der Waals surface area contributed by atoms with Gasteiger partial charge in [0.25, 0.3) is 5.91 Å². The van der Waals surface area contributed by atoms with E-state index < -0.39 is 5.91 Å². The fourth-order valence-corrected chi connectivity index (χ4v) is 3.25. The van der Waals surface area contributed by atoms with Crippen molar-refractivity contribution in [2.75, 3.05) is 12.4 Å². The van der Waals surface area contributed by atoms with Crippen LogP contribution in [0.4, 0.5) is 10.5 Å². The molecule has 3 amide bonds. The fourth-order valence-electron chi connectivity index (χ4n) is 3.03. The molecule has 1 heterocycles. The van der Waals surface area contributed by atoms with E-state index in [-0.39, 0.29) is 17.6 Å². The first-order valence-corrected chi connectivity index (χ1v) is 9.64. The van der Waals surface area contributed by atoms with Crippen LogP contribution in [0.25, 0.3) is 10.9 Å². The predicted molar refractivity (Wildman–Crippen MR) is 114 cm³/mol. The molecule has 0 unspecified atom stereocenters. The number of primary amides is 1. The summed E-state index contributed by atoms with van der Waals surface area (Å²) in [6, 6.07) is 9.94. The Hall–Kier alpha value is -3.52. The minimum Gasteiger partial charge on any atom is -0.496 e. The first-order valence-electron chi connectivity index (χ1n) is 9.26. The van der Waals surface area contributed by atoms with Gasteiger partial charge in [0.1, 0.15) is 22.8 Å². The van der Waals surface area contributed by atoms with Crippen LogP contribution in [0.15, 0.2) is 42.6 Å². The van der Waals surface area contributed by atoms with Crippen LogP contribution in [0.2, 0.25) is 5.02 Å². The van der Waals surface area contributed by atoms with Gasteiger partial charge in [-0.1, -0.05) is 11.6 Å². The van der Waals surface area contributed by atoms with Crippen molar-refractivity contribution in [2.45, 2.75) is 18.9 Å². The number of anilines is 1. The summed E-state index contributed by atoms with van der Waals surface area (Å²) in [5, 5.41) is 6.48. The van der Waals surface area contributed by atoms with Gasteiger partial charge < -0.3 is 25.8 Å². The molecule has 0 radical (unpaired) electrons. The van der Waals surface area contributed by atoms with Gasteiger partial charge in [-0.2, -0.15) is 0 Å². The van der Waals surface area contributed by atoms with E-state index in [1.807, 2.05) is 0 Å². The Morgan fingerprint density at radius 2 is 1.97 bits per heavy atom. The summed E-state index contributed by atoms with van der Waals surface area (Å²) in [6.45, 7) is 0. The van der Waals surface area contributed by atoms with Gasteiger partial charge in [-0.05, 0) is 43.2 Å². The summed E-state index contributed by atoms with van der Waals surface area (Å²) in [4.78, 5) is 28.1. The molecule has 4 N–H and O–H groups in total. The molecule has 0 bridgehead atoms. The van der Waals surface area contributed by atoms with Crippen molar-refractivity contribution in [3.8, 4) is 17.2 Å². The lowest BCUT2D eigenvalue weighted by molar-refractivity contribution is 0.0999. The molecule has 1 fully saturated rings. The number of nitrogens with two attached hydrogens (primary N) is 1. The number of nitrogens with one attached hydrogen (secondary N) is 2. The SMILES string of the molecule is COc1ccc2c(Oc3ccc(NC(=O)NC4CC4)c(Cl)c3)ccnc2c1C(N)=O. The Morgan fingerprint density at radius 3 is 2.63 bits per heavy atom. The van der Waals surface area contributed by atoms with Gasteiger partial charge in [0.15, 0.2) is 0 Å². The molecule has 1 saturated carbocycles. The zero-order chi connectivity index (χ0) is 21.3. The maximum Gasteiger partial charge on any atom is 0.319 e. The Labute approximate surface area is 177 Å². The van der Waals surface area contributed by atoms with E-state index in [4.69, 9.17) is 26.8 Å². The Balaban J connectivity index is 1.61. The highest BCUT2D eigenvalue weighted by Gasteiger charge is 2.23. The number of hydrogen-bond donors (Lipinski definition) is 3. The van der Waals surface area contributed by atoms with E-state index in [0.29, 0.717) is 38.9 Å². The van der Waals surface area contributed by atoms with Crippen LogP contribution in [-0.4, -0.2) is 30.1 Å². The largest absolute Gasteiger partial charge is 0.496 e. The van der Waals surface area contributed by atoms with E-state index in [0.717, 1.165) is 12.8 Å². The van der Waals surface area contributed by atoms with E-state index in [9.17, 15) is 9.59 Å². The molecule has 3 aromatic rings. The molecule has 30 heavy (non-hydrogen) atoms. The molecule has 2 aromatic carbocycles. The van der Waals surface area contributed by atoms with Gasteiger partial charge in [-0.3, -0.25) is 9.78 Å². The molecule has 9 heteroatoms. The number of rotatable bonds is 6. The van der Waals surface area contributed by atoms with Crippen LogP contribution in [0.3, 0.4) is 0 Å². The molecule has 1 aliphatic rings. The van der Waals surface area contributed by atoms with Crippen molar-refractivity contribution in [1.82, 2.24) is 10.3 Å². The first kappa shape index (κ1) is 19.8. The molecule has 4 rings (SSSR count). The van der Waals surface area contributed by atoms with Crippen LogP contribution < -0.4 is 25.8 Å².